The summed E-state index contributed by atoms with van der Waals surface area (Å²) in [5, 5.41) is 6.56. The molecule has 5 nitrogen and oxygen atoms in total. The molecule has 0 bridgehead atoms. The topological polar surface area (TPSA) is 59.1 Å². The molecule has 17 heavy (non-hydrogen) atoms. The molecule has 0 aromatic carbocycles. The quantitative estimate of drug-likeness (QED) is 0.817. The summed E-state index contributed by atoms with van der Waals surface area (Å²) in [5.74, 6) is 1.56. The summed E-state index contributed by atoms with van der Waals surface area (Å²) in [6.45, 7) is 4.66. The molecule has 1 fully saturated rings. The first kappa shape index (κ1) is 12.1. The van der Waals surface area contributed by atoms with Gasteiger partial charge in [-0.3, -0.25) is 0 Å². The van der Waals surface area contributed by atoms with Gasteiger partial charge in [-0.2, -0.15) is 4.98 Å². The van der Waals surface area contributed by atoms with Crippen LogP contribution in [0.25, 0.3) is 0 Å². The van der Waals surface area contributed by atoms with Gasteiger partial charge in [0, 0.05) is 19.3 Å². The standard InChI is InChI=1S/C12H20N4O/c1-2-6-13-12-14-7-5-11(16-12)15-10-4-3-8-17-9-10/h5,7,10H,2-4,6,8-9H2,1H3,(H2,13,14,15,16). The number of rotatable bonds is 5. The maximum atomic E-state index is 5.43. The van der Waals surface area contributed by atoms with E-state index in [-0.39, 0.29) is 0 Å². The van der Waals surface area contributed by atoms with E-state index in [1.807, 2.05) is 6.07 Å². The van der Waals surface area contributed by atoms with Crippen LogP contribution in [0, 0.1) is 0 Å². The fraction of sp³-hybridized carbons (Fsp3) is 0.667. The van der Waals surface area contributed by atoms with E-state index in [1.54, 1.807) is 6.20 Å². The van der Waals surface area contributed by atoms with Crippen molar-refractivity contribution in [3.63, 3.8) is 0 Å². The molecule has 5 heteroatoms. The molecule has 2 heterocycles. The fourth-order valence-corrected chi connectivity index (χ4v) is 1.82. The third-order valence-corrected chi connectivity index (χ3v) is 2.70. The second-order valence-electron chi connectivity index (χ2n) is 4.25. The molecule has 1 unspecified atom stereocenters. The highest BCUT2D eigenvalue weighted by Crippen LogP contribution is 2.13. The van der Waals surface area contributed by atoms with Gasteiger partial charge in [0.05, 0.1) is 12.6 Å². The van der Waals surface area contributed by atoms with Crippen LogP contribution in [0.3, 0.4) is 0 Å². The molecule has 2 rings (SSSR count). The molecule has 1 saturated heterocycles. The Balaban J connectivity index is 1.90. The molecule has 0 aliphatic carbocycles. The molecule has 1 aliphatic heterocycles. The van der Waals surface area contributed by atoms with Crippen LogP contribution in [0.15, 0.2) is 12.3 Å². The van der Waals surface area contributed by atoms with Crippen LogP contribution in [0.1, 0.15) is 26.2 Å². The molecular weight excluding hydrogens is 216 g/mol. The first-order valence-electron chi connectivity index (χ1n) is 6.29. The van der Waals surface area contributed by atoms with Crippen molar-refractivity contribution >= 4 is 11.8 Å². The van der Waals surface area contributed by atoms with Crippen LogP contribution in [0.5, 0.6) is 0 Å². The number of nitrogens with one attached hydrogen (secondary N) is 2. The van der Waals surface area contributed by atoms with Gasteiger partial charge in [-0.05, 0) is 25.3 Å². The molecule has 2 N–H and O–H groups in total. The summed E-state index contributed by atoms with van der Waals surface area (Å²) < 4.78 is 5.43. The summed E-state index contributed by atoms with van der Waals surface area (Å²) in [7, 11) is 0. The lowest BCUT2D eigenvalue weighted by Crippen LogP contribution is -2.30. The van der Waals surface area contributed by atoms with E-state index in [2.05, 4.69) is 27.5 Å². The lowest BCUT2D eigenvalue weighted by Gasteiger charge is -2.23. The lowest BCUT2D eigenvalue weighted by atomic mass is 10.1. The van der Waals surface area contributed by atoms with E-state index in [0.717, 1.165) is 44.8 Å². The van der Waals surface area contributed by atoms with Gasteiger partial charge in [-0.1, -0.05) is 6.92 Å². The van der Waals surface area contributed by atoms with Gasteiger partial charge >= 0.3 is 0 Å². The van der Waals surface area contributed by atoms with Gasteiger partial charge in [-0.25, -0.2) is 4.98 Å². The minimum absolute atomic E-state index is 0.373. The minimum atomic E-state index is 0.373. The van der Waals surface area contributed by atoms with Crippen molar-refractivity contribution in [2.75, 3.05) is 30.4 Å². The van der Waals surface area contributed by atoms with Gasteiger partial charge in [0.15, 0.2) is 0 Å². The largest absolute Gasteiger partial charge is 0.379 e. The van der Waals surface area contributed by atoms with E-state index in [4.69, 9.17) is 4.74 Å². The molecule has 1 aliphatic rings. The maximum absolute atomic E-state index is 5.43. The summed E-state index contributed by atoms with van der Waals surface area (Å²) in [6, 6.07) is 2.27. The zero-order chi connectivity index (χ0) is 11.9. The average Bonchev–Trinajstić information content (AvgIpc) is 2.38. The highest BCUT2D eigenvalue weighted by molar-refractivity contribution is 5.40. The molecular formula is C12H20N4O. The Labute approximate surface area is 102 Å². The number of ether oxygens (including phenoxy) is 1. The van der Waals surface area contributed by atoms with E-state index in [1.165, 1.54) is 0 Å². The molecule has 0 radical (unpaired) electrons. The number of hydrogen-bond acceptors (Lipinski definition) is 5. The zero-order valence-corrected chi connectivity index (χ0v) is 10.3. The number of hydrogen-bond donors (Lipinski definition) is 2. The summed E-state index contributed by atoms with van der Waals surface area (Å²) in [5.41, 5.74) is 0. The third-order valence-electron chi connectivity index (χ3n) is 2.70. The Morgan fingerprint density at radius 3 is 3.24 bits per heavy atom. The van der Waals surface area contributed by atoms with Crippen molar-refractivity contribution < 1.29 is 4.74 Å². The lowest BCUT2D eigenvalue weighted by molar-refractivity contribution is 0.0875. The molecule has 94 valence electrons. The Bertz CT molecular complexity index is 339. The maximum Gasteiger partial charge on any atom is 0.224 e. The third kappa shape index (κ3) is 3.85. The van der Waals surface area contributed by atoms with Gasteiger partial charge in [0.25, 0.3) is 0 Å². The first-order chi connectivity index (χ1) is 8.38. The summed E-state index contributed by atoms with van der Waals surface area (Å²) in [4.78, 5) is 8.59. The molecule has 0 saturated carbocycles. The van der Waals surface area contributed by atoms with Crippen molar-refractivity contribution in [3.05, 3.63) is 12.3 Å². The van der Waals surface area contributed by atoms with Crippen LogP contribution in [-0.2, 0) is 4.74 Å². The summed E-state index contributed by atoms with van der Waals surface area (Å²) >= 11 is 0. The monoisotopic (exact) mass is 236 g/mol. The normalized spacial score (nSPS) is 19.9. The molecule has 0 spiro atoms. The second kappa shape index (κ2) is 6.39. The molecule has 1 aromatic rings. The highest BCUT2D eigenvalue weighted by atomic mass is 16.5. The number of nitrogens with zero attached hydrogens (tertiary/aromatic N) is 2. The first-order valence-corrected chi connectivity index (χ1v) is 6.29. The van der Waals surface area contributed by atoms with Crippen molar-refractivity contribution in [3.8, 4) is 0 Å². The van der Waals surface area contributed by atoms with Crippen LogP contribution in [-0.4, -0.2) is 35.8 Å². The predicted octanol–water partition coefficient (Wildman–Crippen LogP) is 1.89. The second-order valence-corrected chi connectivity index (χ2v) is 4.25. The van der Waals surface area contributed by atoms with Crippen molar-refractivity contribution in [1.29, 1.82) is 0 Å². The zero-order valence-electron chi connectivity index (χ0n) is 10.3. The van der Waals surface area contributed by atoms with Crippen molar-refractivity contribution in [2.45, 2.75) is 32.2 Å². The van der Waals surface area contributed by atoms with Crippen molar-refractivity contribution in [1.82, 2.24) is 9.97 Å². The van der Waals surface area contributed by atoms with E-state index in [9.17, 15) is 0 Å². The van der Waals surface area contributed by atoms with E-state index >= 15 is 0 Å². The van der Waals surface area contributed by atoms with Crippen LogP contribution in [0.2, 0.25) is 0 Å². The van der Waals surface area contributed by atoms with Crippen LogP contribution < -0.4 is 10.6 Å². The van der Waals surface area contributed by atoms with Crippen molar-refractivity contribution in [2.24, 2.45) is 0 Å². The highest BCUT2D eigenvalue weighted by Gasteiger charge is 2.13. The van der Waals surface area contributed by atoms with Gasteiger partial charge in [-0.15, -0.1) is 0 Å². The minimum Gasteiger partial charge on any atom is -0.379 e. The van der Waals surface area contributed by atoms with Gasteiger partial charge in [0.2, 0.25) is 5.95 Å². The van der Waals surface area contributed by atoms with E-state index < -0.39 is 0 Å². The Morgan fingerprint density at radius 2 is 2.47 bits per heavy atom. The summed E-state index contributed by atoms with van der Waals surface area (Å²) in [6.07, 6.45) is 5.10. The van der Waals surface area contributed by atoms with Crippen LogP contribution in [0.4, 0.5) is 11.8 Å². The smallest absolute Gasteiger partial charge is 0.224 e. The Kier molecular flexibility index (Phi) is 4.55. The van der Waals surface area contributed by atoms with Gasteiger partial charge < -0.3 is 15.4 Å². The fourth-order valence-electron chi connectivity index (χ4n) is 1.82. The van der Waals surface area contributed by atoms with Crippen LogP contribution >= 0.6 is 0 Å². The Morgan fingerprint density at radius 1 is 1.53 bits per heavy atom. The number of anilines is 2. The molecule has 1 aromatic heterocycles. The predicted molar refractivity (Wildman–Crippen MR) is 68.3 cm³/mol. The molecule has 0 amide bonds. The molecule has 1 atom stereocenters. The van der Waals surface area contributed by atoms with E-state index in [0.29, 0.717) is 12.0 Å². The average molecular weight is 236 g/mol. The SMILES string of the molecule is CCCNc1nccc(NC2CCCOC2)n1. The Hall–Kier alpha value is -1.36. The number of aromatic nitrogens is 2. The van der Waals surface area contributed by atoms with Gasteiger partial charge in [0.1, 0.15) is 5.82 Å².